The van der Waals surface area contributed by atoms with Crippen LogP contribution in [0, 0.1) is 5.92 Å². The number of methoxy groups -OCH3 is 1. The average molecular weight is 194 g/mol. The number of halogens is 2. The van der Waals surface area contributed by atoms with Gasteiger partial charge >= 0.3 is 5.97 Å². The SMILES string of the molecule is COC(=O)[C@@H]1CCCC(F)(F)[C@H]1O. The third kappa shape index (κ3) is 1.96. The Balaban J connectivity index is 2.71. The predicted octanol–water partition coefficient (Wildman–Crippen LogP) is 0.956. The van der Waals surface area contributed by atoms with Gasteiger partial charge in [0.1, 0.15) is 6.10 Å². The Morgan fingerprint density at radius 3 is 2.77 bits per heavy atom. The van der Waals surface area contributed by atoms with Gasteiger partial charge in [-0.15, -0.1) is 0 Å². The van der Waals surface area contributed by atoms with Crippen LogP contribution in [0.15, 0.2) is 0 Å². The van der Waals surface area contributed by atoms with Crippen LogP contribution in [-0.2, 0) is 9.53 Å². The van der Waals surface area contributed by atoms with Gasteiger partial charge in [0, 0.05) is 6.42 Å². The van der Waals surface area contributed by atoms with Gasteiger partial charge < -0.3 is 9.84 Å². The van der Waals surface area contributed by atoms with Crippen LogP contribution in [0.2, 0.25) is 0 Å². The van der Waals surface area contributed by atoms with Crippen LogP contribution in [0.25, 0.3) is 0 Å². The number of hydrogen-bond donors (Lipinski definition) is 1. The Morgan fingerprint density at radius 1 is 1.62 bits per heavy atom. The number of rotatable bonds is 1. The molecule has 1 fully saturated rings. The van der Waals surface area contributed by atoms with E-state index in [2.05, 4.69) is 4.74 Å². The highest BCUT2D eigenvalue weighted by Crippen LogP contribution is 2.37. The summed E-state index contributed by atoms with van der Waals surface area (Å²) in [6.45, 7) is 0. The topological polar surface area (TPSA) is 46.5 Å². The molecule has 0 aromatic carbocycles. The van der Waals surface area contributed by atoms with Crippen molar-refractivity contribution in [3.63, 3.8) is 0 Å². The van der Waals surface area contributed by atoms with Crippen LogP contribution >= 0.6 is 0 Å². The molecule has 0 spiro atoms. The first-order valence-electron chi connectivity index (χ1n) is 4.13. The highest BCUT2D eigenvalue weighted by Gasteiger charge is 2.48. The summed E-state index contributed by atoms with van der Waals surface area (Å²) in [5.74, 6) is -4.99. The molecule has 2 atom stereocenters. The second-order valence-electron chi connectivity index (χ2n) is 3.23. The molecule has 0 aromatic heterocycles. The monoisotopic (exact) mass is 194 g/mol. The molecule has 0 heterocycles. The molecular formula is C8H12F2O3. The lowest BCUT2D eigenvalue weighted by Crippen LogP contribution is -2.46. The lowest BCUT2D eigenvalue weighted by Gasteiger charge is -2.32. The third-order valence-electron chi connectivity index (χ3n) is 2.34. The maximum absolute atomic E-state index is 12.9. The number of carbonyl (C=O) groups is 1. The number of ether oxygens (including phenoxy) is 1. The largest absolute Gasteiger partial charge is 0.469 e. The molecule has 0 amide bonds. The molecule has 0 radical (unpaired) electrons. The van der Waals surface area contributed by atoms with Crippen molar-refractivity contribution in [2.75, 3.05) is 7.11 Å². The molecule has 0 bridgehead atoms. The number of carbonyl (C=O) groups excluding carboxylic acids is 1. The molecule has 3 nitrogen and oxygen atoms in total. The van der Waals surface area contributed by atoms with Crippen molar-refractivity contribution in [2.24, 2.45) is 5.92 Å². The number of aliphatic hydroxyl groups excluding tert-OH is 1. The van der Waals surface area contributed by atoms with Crippen LogP contribution in [0.1, 0.15) is 19.3 Å². The number of hydrogen-bond acceptors (Lipinski definition) is 3. The van der Waals surface area contributed by atoms with Gasteiger partial charge in [-0.3, -0.25) is 4.79 Å². The molecule has 5 heteroatoms. The normalized spacial score (nSPS) is 32.6. The summed E-state index contributed by atoms with van der Waals surface area (Å²) in [5.41, 5.74) is 0. The van der Waals surface area contributed by atoms with Gasteiger partial charge in [0.05, 0.1) is 13.0 Å². The fourth-order valence-corrected chi connectivity index (χ4v) is 1.56. The van der Waals surface area contributed by atoms with Gasteiger partial charge in [0.2, 0.25) is 0 Å². The van der Waals surface area contributed by atoms with E-state index in [1.54, 1.807) is 0 Å². The van der Waals surface area contributed by atoms with Crippen molar-refractivity contribution in [1.29, 1.82) is 0 Å². The minimum absolute atomic E-state index is 0.240. The molecule has 1 N–H and O–H groups in total. The van der Waals surface area contributed by atoms with E-state index in [9.17, 15) is 13.6 Å². The maximum Gasteiger partial charge on any atom is 0.311 e. The van der Waals surface area contributed by atoms with Crippen molar-refractivity contribution < 1.29 is 23.4 Å². The Labute approximate surface area is 74.7 Å². The van der Waals surface area contributed by atoms with E-state index < -0.39 is 23.9 Å². The van der Waals surface area contributed by atoms with Gasteiger partial charge in [0.25, 0.3) is 5.92 Å². The maximum atomic E-state index is 12.9. The molecule has 0 aromatic rings. The quantitative estimate of drug-likeness (QED) is 0.632. The molecular weight excluding hydrogens is 182 g/mol. The Hall–Kier alpha value is -0.710. The van der Waals surface area contributed by atoms with Gasteiger partial charge in [-0.25, -0.2) is 8.78 Å². The lowest BCUT2D eigenvalue weighted by molar-refractivity contribution is -0.180. The first kappa shape index (κ1) is 10.4. The highest BCUT2D eigenvalue weighted by molar-refractivity contribution is 5.73. The predicted molar refractivity (Wildman–Crippen MR) is 40.3 cm³/mol. The molecule has 0 saturated heterocycles. The van der Waals surface area contributed by atoms with E-state index in [1.165, 1.54) is 0 Å². The first-order valence-corrected chi connectivity index (χ1v) is 4.13. The fourth-order valence-electron chi connectivity index (χ4n) is 1.56. The zero-order chi connectivity index (χ0) is 10.1. The molecule has 0 aliphatic heterocycles. The summed E-state index contributed by atoms with van der Waals surface area (Å²) in [6, 6.07) is 0. The van der Waals surface area contributed by atoms with Crippen molar-refractivity contribution >= 4 is 5.97 Å². The van der Waals surface area contributed by atoms with Gasteiger partial charge in [-0.2, -0.15) is 0 Å². The van der Waals surface area contributed by atoms with Gasteiger partial charge in [0.15, 0.2) is 0 Å². The van der Waals surface area contributed by atoms with Crippen LogP contribution in [0.5, 0.6) is 0 Å². The van der Waals surface area contributed by atoms with Crippen molar-refractivity contribution in [1.82, 2.24) is 0 Å². The van der Waals surface area contributed by atoms with Crippen LogP contribution in [-0.4, -0.2) is 30.2 Å². The molecule has 0 unspecified atom stereocenters. The summed E-state index contributed by atoms with van der Waals surface area (Å²) in [5, 5.41) is 9.15. The van der Waals surface area contributed by atoms with E-state index in [0.29, 0.717) is 0 Å². The van der Waals surface area contributed by atoms with E-state index in [-0.39, 0.29) is 19.3 Å². The van der Waals surface area contributed by atoms with Gasteiger partial charge in [-0.1, -0.05) is 0 Å². The summed E-state index contributed by atoms with van der Waals surface area (Å²) in [6.07, 6.45) is -1.75. The van der Waals surface area contributed by atoms with E-state index >= 15 is 0 Å². The summed E-state index contributed by atoms with van der Waals surface area (Å²) in [7, 11) is 1.13. The zero-order valence-electron chi connectivity index (χ0n) is 7.30. The molecule has 1 aliphatic rings. The molecule has 1 saturated carbocycles. The Kier molecular flexibility index (Phi) is 2.85. The van der Waals surface area contributed by atoms with E-state index in [1.807, 2.05) is 0 Å². The Morgan fingerprint density at radius 2 is 2.23 bits per heavy atom. The van der Waals surface area contributed by atoms with Crippen LogP contribution in [0.3, 0.4) is 0 Å². The van der Waals surface area contributed by atoms with Crippen molar-refractivity contribution in [3.05, 3.63) is 0 Å². The number of alkyl halides is 2. The third-order valence-corrected chi connectivity index (χ3v) is 2.34. The lowest BCUT2D eigenvalue weighted by atomic mass is 9.84. The van der Waals surface area contributed by atoms with E-state index in [0.717, 1.165) is 7.11 Å². The highest BCUT2D eigenvalue weighted by atomic mass is 19.3. The van der Waals surface area contributed by atoms with Crippen LogP contribution in [0.4, 0.5) is 8.78 Å². The number of aliphatic hydroxyl groups is 1. The Bertz CT molecular complexity index is 206. The van der Waals surface area contributed by atoms with Crippen LogP contribution < -0.4 is 0 Å². The smallest absolute Gasteiger partial charge is 0.311 e. The molecule has 1 rings (SSSR count). The van der Waals surface area contributed by atoms with E-state index in [4.69, 9.17) is 5.11 Å². The molecule has 76 valence electrons. The standard InChI is InChI=1S/C8H12F2O3/c1-13-7(12)5-3-2-4-8(9,10)6(5)11/h5-6,11H,2-4H2,1H3/t5-,6+/m1/s1. The molecule has 1 aliphatic carbocycles. The summed E-state index contributed by atoms with van der Waals surface area (Å²) >= 11 is 0. The second kappa shape index (κ2) is 3.57. The number of esters is 1. The van der Waals surface area contributed by atoms with Crippen molar-refractivity contribution in [3.8, 4) is 0 Å². The summed E-state index contributed by atoms with van der Waals surface area (Å²) < 4.78 is 30.1. The fraction of sp³-hybridized carbons (Fsp3) is 0.875. The minimum Gasteiger partial charge on any atom is -0.469 e. The average Bonchev–Trinajstić information content (AvgIpc) is 2.08. The minimum atomic E-state index is -3.16. The zero-order valence-corrected chi connectivity index (χ0v) is 7.30. The molecule has 13 heavy (non-hydrogen) atoms. The van der Waals surface area contributed by atoms with Gasteiger partial charge in [-0.05, 0) is 12.8 Å². The van der Waals surface area contributed by atoms with Crippen molar-refractivity contribution in [2.45, 2.75) is 31.3 Å². The summed E-state index contributed by atoms with van der Waals surface area (Å²) in [4.78, 5) is 10.9. The second-order valence-corrected chi connectivity index (χ2v) is 3.23. The first-order chi connectivity index (χ1) is 5.99.